The second kappa shape index (κ2) is 10.8. The number of rotatable bonds is 4. The van der Waals surface area contributed by atoms with Gasteiger partial charge in [0.2, 0.25) is 0 Å². The van der Waals surface area contributed by atoms with E-state index in [4.69, 9.17) is 19.4 Å². The zero-order chi connectivity index (χ0) is 33.5. The Morgan fingerprint density at radius 3 is 1.71 bits per heavy atom. The molecule has 0 spiro atoms. The van der Waals surface area contributed by atoms with Gasteiger partial charge in [-0.2, -0.15) is 0 Å². The minimum Gasteiger partial charge on any atom is -0.456 e. The predicted octanol–water partition coefficient (Wildman–Crippen LogP) is 12.5. The summed E-state index contributed by atoms with van der Waals surface area (Å²) in [6.07, 6.45) is 0. The lowest BCUT2D eigenvalue weighted by Gasteiger charge is -2.12. The van der Waals surface area contributed by atoms with Crippen LogP contribution < -0.4 is 0 Å². The average Bonchev–Trinajstić information content (AvgIpc) is 3.59. The second-order valence-electron chi connectivity index (χ2n) is 13.2. The van der Waals surface area contributed by atoms with Crippen LogP contribution in [0.25, 0.3) is 110 Å². The third kappa shape index (κ3) is 4.37. The van der Waals surface area contributed by atoms with Crippen molar-refractivity contribution in [1.29, 1.82) is 0 Å². The Hall–Kier alpha value is -6.91. The number of hydrogen-bond acceptors (Lipinski definition) is 4. The van der Waals surface area contributed by atoms with Gasteiger partial charge in [0.25, 0.3) is 0 Å². The molecule has 0 radical (unpaired) electrons. The van der Waals surface area contributed by atoms with Gasteiger partial charge in [0.05, 0.1) is 0 Å². The molecule has 0 unspecified atom stereocenters. The summed E-state index contributed by atoms with van der Waals surface area (Å²) in [5.74, 6) is 1.93. The number of aromatic nitrogens is 3. The molecular formula is C47H27N3O. The van der Waals surface area contributed by atoms with Crippen molar-refractivity contribution in [2.75, 3.05) is 0 Å². The molecule has 4 heteroatoms. The molecule has 2 aromatic heterocycles. The molecule has 0 saturated carbocycles. The molecule has 0 fully saturated rings. The normalized spacial score (nSPS) is 11.9. The van der Waals surface area contributed by atoms with E-state index in [1.165, 1.54) is 37.7 Å². The lowest BCUT2D eigenvalue weighted by molar-refractivity contribution is 0.669. The topological polar surface area (TPSA) is 51.8 Å². The van der Waals surface area contributed by atoms with Gasteiger partial charge in [0.1, 0.15) is 11.2 Å². The Balaban J connectivity index is 1.10. The summed E-state index contributed by atoms with van der Waals surface area (Å²) >= 11 is 0. The summed E-state index contributed by atoms with van der Waals surface area (Å²) in [6, 6.07) is 57.5. The van der Waals surface area contributed by atoms with Gasteiger partial charge in [-0.15, -0.1) is 0 Å². The maximum atomic E-state index is 6.27. The minimum atomic E-state index is 0.635. The first-order chi connectivity index (χ1) is 25.2. The van der Waals surface area contributed by atoms with Gasteiger partial charge in [0, 0.05) is 27.5 Å². The van der Waals surface area contributed by atoms with E-state index in [1.807, 2.05) is 0 Å². The maximum absolute atomic E-state index is 6.27. The van der Waals surface area contributed by atoms with Crippen LogP contribution in [-0.2, 0) is 0 Å². The van der Waals surface area contributed by atoms with Crippen LogP contribution in [0.4, 0.5) is 0 Å². The first-order valence-corrected chi connectivity index (χ1v) is 17.2. The molecule has 0 aliphatic heterocycles. The summed E-state index contributed by atoms with van der Waals surface area (Å²) in [6.45, 7) is 0. The van der Waals surface area contributed by atoms with Crippen molar-refractivity contribution in [1.82, 2.24) is 15.0 Å². The molecule has 0 aliphatic carbocycles. The zero-order valence-corrected chi connectivity index (χ0v) is 27.3. The molecule has 4 nitrogen and oxygen atoms in total. The van der Waals surface area contributed by atoms with Gasteiger partial charge in [-0.05, 0) is 84.5 Å². The molecule has 0 saturated heterocycles. The van der Waals surface area contributed by atoms with E-state index in [0.29, 0.717) is 17.5 Å². The SMILES string of the molecule is c1cc(-c2ccc3c(c2)c2cccc4oc5cccc3c5c42)cc(-c2nc(-c3ccc4ccccc4c3)nc(-c3cccc4ccccc34)n2)c1. The second-order valence-corrected chi connectivity index (χ2v) is 13.2. The molecule has 0 N–H and O–H groups in total. The van der Waals surface area contributed by atoms with Crippen LogP contribution in [0.15, 0.2) is 168 Å². The summed E-state index contributed by atoms with van der Waals surface area (Å²) in [7, 11) is 0. The van der Waals surface area contributed by atoms with Crippen LogP contribution >= 0.6 is 0 Å². The predicted molar refractivity (Wildman–Crippen MR) is 210 cm³/mol. The number of hydrogen-bond donors (Lipinski definition) is 0. The van der Waals surface area contributed by atoms with E-state index < -0.39 is 0 Å². The fraction of sp³-hybridized carbons (Fsp3) is 0. The Morgan fingerprint density at radius 2 is 0.882 bits per heavy atom. The van der Waals surface area contributed by atoms with Crippen molar-refractivity contribution in [3.05, 3.63) is 164 Å². The highest BCUT2D eigenvalue weighted by molar-refractivity contribution is 6.33. The van der Waals surface area contributed by atoms with Gasteiger partial charge in [-0.25, -0.2) is 15.0 Å². The van der Waals surface area contributed by atoms with Crippen molar-refractivity contribution in [3.8, 4) is 45.3 Å². The van der Waals surface area contributed by atoms with Crippen molar-refractivity contribution < 1.29 is 4.42 Å². The first-order valence-electron chi connectivity index (χ1n) is 17.2. The summed E-state index contributed by atoms with van der Waals surface area (Å²) in [4.78, 5) is 15.4. The highest BCUT2D eigenvalue weighted by Crippen LogP contribution is 2.43. The molecule has 0 aliphatic rings. The van der Waals surface area contributed by atoms with Gasteiger partial charge in [0.15, 0.2) is 17.5 Å². The summed E-state index contributed by atoms with van der Waals surface area (Å²) in [5, 5.41) is 11.8. The van der Waals surface area contributed by atoms with E-state index in [-0.39, 0.29) is 0 Å². The zero-order valence-electron chi connectivity index (χ0n) is 27.3. The Bertz CT molecular complexity index is 3150. The molecule has 9 aromatic carbocycles. The van der Waals surface area contributed by atoms with E-state index in [1.54, 1.807) is 0 Å². The van der Waals surface area contributed by atoms with Crippen LogP contribution in [0.3, 0.4) is 0 Å². The third-order valence-corrected chi connectivity index (χ3v) is 10.2. The van der Waals surface area contributed by atoms with Crippen molar-refractivity contribution in [2.24, 2.45) is 0 Å². The molecule has 0 amide bonds. The van der Waals surface area contributed by atoms with E-state index in [0.717, 1.165) is 55.1 Å². The van der Waals surface area contributed by atoms with E-state index in [9.17, 15) is 0 Å². The molecule has 2 heterocycles. The van der Waals surface area contributed by atoms with Gasteiger partial charge in [-0.3, -0.25) is 0 Å². The van der Waals surface area contributed by atoms with Crippen LogP contribution in [0.1, 0.15) is 0 Å². The van der Waals surface area contributed by atoms with E-state index >= 15 is 0 Å². The molecule has 11 rings (SSSR count). The number of benzene rings is 9. The maximum Gasteiger partial charge on any atom is 0.164 e. The largest absolute Gasteiger partial charge is 0.456 e. The molecule has 236 valence electrons. The van der Waals surface area contributed by atoms with Gasteiger partial charge in [-0.1, -0.05) is 133 Å². The quantitative estimate of drug-likeness (QED) is 0.178. The third-order valence-electron chi connectivity index (χ3n) is 10.2. The van der Waals surface area contributed by atoms with Crippen molar-refractivity contribution in [2.45, 2.75) is 0 Å². The Kier molecular flexibility index (Phi) is 5.92. The lowest BCUT2D eigenvalue weighted by atomic mass is 9.92. The number of nitrogens with zero attached hydrogens (tertiary/aromatic N) is 3. The standard InChI is InChI=1S/C47H27N3O/c1-2-11-30-25-34(22-21-28(30)9-1)46-48-45(49-47(50-46)39-18-6-12-29-10-3-4-15-35(29)39)33-14-5-13-31(26-33)32-23-24-36-37-16-7-19-41-43(37)44-38(40(36)27-32)17-8-20-42(44)51-41/h1-27H. The smallest absolute Gasteiger partial charge is 0.164 e. The van der Waals surface area contributed by atoms with E-state index in [2.05, 4.69) is 164 Å². The van der Waals surface area contributed by atoms with Crippen LogP contribution in [0.2, 0.25) is 0 Å². The molecular weight excluding hydrogens is 623 g/mol. The summed E-state index contributed by atoms with van der Waals surface area (Å²) < 4.78 is 6.27. The van der Waals surface area contributed by atoms with Gasteiger partial charge >= 0.3 is 0 Å². The van der Waals surface area contributed by atoms with Crippen LogP contribution in [-0.4, -0.2) is 15.0 Å². The summed E-state index contributed by atoms with van der Waals surface area (Å²) in [5.41, 5.74) is 6.94. The average molecular weight is 650 g/mol. The minimum absolute atomic E-state index is 0.635. The fourth-order valence-corrected chi connectivity index (χ4v) is 7.84. The molecule has 0 atom stereocenters. The van der Waals surface area contributed by atoms with Crippen LogP contribution in [0, 0.1) is 0 Å². The molecule has 11 aromatic rings. The highest BCUT2D eigenvalue weighted by Gasteiger charge is 2.18. The number of fused-ring (bicyclic) bond motifs is 5. The van der Waals surface area contributed by atoms with Crippen molar-refractivity contribution >= 4 is 65.0 Å². The Morgan fingerprint density at radius 1 is 0.314 bits per heavy atom. The fourth-order valence-electron chi connectivity index (χ4n) is 7.84. The van der Waals surface area contributed by atoms with Crippen molar-refractivity contribution in [3.63, 3.8) is 0 Å². The highest BCUT2D eigenvalue weighted by atomic mass is 16.3. The Labute approximate surface area is 292 Å². The first kappa shape index (κ1) is 28.0. The number of furan rings is 1. The lowest BCUT2D eigenvalue weighted by Crippen LogP contribution is -2.00. The molecule has 51 heavy (non-hydrogen) atoms. The van der Waals surface area contributed by atoms with Crippen LogP contribution in [0.5, 0.6) is 0 Å². The molecule has 0 bridgehead atoms. The van der Waals surface area contributed by atoms with Gasteiger partial charge < -0.3 is 4.42 Å². The monoisotopic (exact) mass is 649 g/mol.